The Hall–Kier alpha value is -1.49. The Labute approximate surface area is 120 Å². The van der Waals surface area contributed by atoms with Gasteiger partial charge in [-0.15, -0.1) is 0 Å². The van der Waals surface area contributed by atoms with Gasteiger partial charge in [-0.05, 0) is 58.8 Å². The number of aromatic nitrogens is 2. The van der Waals surface area contributed by atoms with Gasteiger partial charge in [0.2, 0.25) is 0 Å². The highest BCUT2D eigenvalue weighted by atomic mass is 79.9. The van der Waals surface area contributed by atoms with Gasteiger partial charge in [0.25, 0.3) is 0 Å². The molecule has 1 aliphatic rings. The van der Waals surface area contributed by atoms with Crippen LogP contribution >= 0.6 is 15.9 Å². The molecular formula is C14H16BrN3O. The zero-order valence-corrected chi connectivity index (χ0v) is 12.4. The molecule has 1 aliphatic carbocycles. The van der Waals surface area contributed by atoms with Crippen molar-refractivity contribution < 1.29 is 5.11 Å². The summed E-state index contributed by atoms with van der Waals surface area (Å²) in [6.07, 6.45) is 4.46. The van der Waals surface area contributed by atoms with Crippen molar-refractivity contribution >= 4 is 21.7 Å². The van der Waals surface area contributed by atoms with Crippen molar-refractivity contribution in [3.05, 3.63) is 27.7 Å². The molecule has 0 saturated carbocycles. The fourth-order valence-corrected chi connectivity index (χ4v) is 3.32. The zero-order chi connectivity index (χ0) is 13.6. The maximum atomic E-state index is 10.4. The second-order valence-electron chi connectivity index (χ2n) is 5.01. The highest BCUT2D eigenvalue weighted by Gasteiger charge is 2.20. The molecule has 19 heavy (non-hydrogen) atoms. The van der Waals surface area contributed by atoms with E-state index in [0.29, 0.717) is 11.5 Å². The SMILES string of the molecule is Cn1nc(-c2cc3c(c(Br)c2O)CCCC3)cc1N. The number of rotatable bonds is 1. The number of phenolic OH excluding ortho intramolecular Hbond substituents is 1. The van der Waals surface area contributed by atoms with Gasteiger partial charge in [0, 0.05) is 18.7 Å². The summed E-state index contributed by atoms with van der Waals surface area (Å²) in [5, 5.41) is 14.7. The van der Waals surface area contributed by atoms with Gasteiger partial charge in [0.05, 0.1) is 10.2 Å². The summed E-state index contributed by atoms with van der Waals surface area (Å²) in [5.41, 5.74) is 9.81. The molecule has 0 bridgehead atoms. The third-order valence-electron chi connectivity index (χ3n) is 3.75. The molecule has 5 heteroatoms. The van der Waals surface area contributed by atoms with Crippen LogP contribution in [0.25, 0.3) is 11.3 Å². The second-order valence-corrected chi connectivity index (χ2v) is 5.80. The normalized spacial score (nSPS) is 14.4. The molecule has 2 aromatic rings. The lowest BCUT2D eigenvalue weighted by atomic mass is 9.89. The number of hydrogen-bond donors (Lipinski definition) is 2. The predicted molar refractivity (Wildman–Crippen MR) is 79.1 cm³/mol. The highest BCUT2D eigenvalue weighted by Crippen LogP contribution is 2.41. The number of aromatic hydroxyl groups is 1. The molecule has 1 aromatic carbocycles. The molecule has 0 atom stereocenters. The van der Waals surface area contributed by atoms with Crippen molar-refractivity contribution in [1.82, 2.24) is 9.78 Å². The third kappa shape index (κ3) is 2.02. The number of nitrogens with zero attached hydrogens (tertiary/aromatic N) is 2. The van der Waals surface area contributed by atoms with E-state index in [1.807, 2.05) is 0 Å². The number of nitrogens with two attached hydrogens (primary N) is 1. The first-order valence-electron chi connectivity index (χ1n) is 6.41. The maximum absolute atomic E-state index is 10.4. The fraction of sp³-hybridized carbons (Fsp3) is 0.357. The van der Waals surface area contributed by atoms with Crippen molar-refractivity contribution in [2.75, 3.05) is 5.73 Å². The summed E-state index contributed by atoms with van der Waals surface area (Å²) in [7, 11) is 1.79. The van der Waals surface area contributed by atoms with Gasteiger partial charge in [0.1, 0.15) is 11.6 Å². The van der Waals surface area contributed by atoms with E-state index in [-0.39, 0.29) is 5.75 Å². The highest BCUT2D eigenvalue weighted by molar-refractivity contribution is 9.10. The van der Waals surface area contributed by atoms with Crippen molar-refractivity contribution in [1.29, 1.82) is 0 Å². The number of phenols is 1. The molecule has 3 rings (SSSR count). The summed E-state index contributed by atoms with van der Waals surface area (Å²) >= 11 is 3.52. The molecule has 0 unspecified atom stereocenters. The minimum Gasteiger partial charge on any atom is -0.506 e. The summed E-state index contributed by atoms with van der Waals surface area (Å²) in [6.45, 7) is 0. The van der Waals surface area contributed by atoms with Crippen LogP contribution < -0.4 is 5.73 Å². The van der Waals surface area contributed by atoms with Crippen LogP contribution in [0.15, 0.2) is 16.6 Å². The Morgan fingerprint density at radius 3 is 2.74 bits per heavy atom. The van der Waals surface area contributed by atoms with Gasteiger partial charge in [0.15, 0.2) is 0 Å². The number of anilines is 1. The molecule has 0 radical (unpaired) electrons. The smallest absolute Gasteiger partial charge is 0.139 e. The van der Waals surface area contributed by atoms with E-state index in [1.165, 1.54) is 24.0 Å². The quantitative estimate of drug-likeness (QED) is 0.848. The van der Waals surface area contributed by atoms with Crippen molar-refractivity contribution in [2.24, 2.45) is 7.05 Å². The van der Waals surface area contributed by atoms with E-state index in [9.17, 15) is 5.11 Å². The van der Waals surface area contributed by atoms with E-state index >= 15 is 0 Å². The van der Waals surface area contributed by atoms with Gasteiger partial charge in [-0.2, -0.15) is 5.10 Å². The molecule has 0 spiro atoms. The standard InChI is InChI=1S/C14H16BrN3O/c1-18-12(16)7-11(17-18)10-6-8-4-2-3-5-9(8)13(15)14(10)19/h6-7,19H,2-5,16H2,1H3. The summed E-state index contributed by atoms with van der Waals surface area (Å²) < 4.78 is 2.42. The molecule has 100 valence electrons. The van der Waals surface area contributed by atoms with Crippen LogP contribution in [-0.4, -0.2) is 14.9 Å². The van der Waals surface area contributed by atoms with Crippen LogP contribution in [0.4, 0.5) is 5.82 Å². The van der Waals surface area contributed by atoms with Crippen LogP contribution in [0, 0.1) is 0 Å². The third-order valence-corrected chi connectivity index (χ3v) is 4.60. The minimum atomic E-state index is 0.263. The largest absolute Gasteiger partial charge is 0.506 e. The van der Waals surface area contributed by atoms with E-state index < -0.39 is 0 Å². The monoisotopic (exact) mass is 321 g/mol. The topological polar surface area (TPSA) is 64.1 Å². The van der Waals surface area contributed by atoms with Crippen LogP contribution in [0.2, 0.25) is 0 Å². The Morgan fingerprint density at radius 2 is 2.05 bits per heavy atom. The van der Waals surface area contributed by atoms with Gasteiger partial charge < -0.3 is 10.8 Å². The minimum absolute atomic E-state index is 0.263. The molecule has 0 saturated heterocycles. The Kier molecular flexibility index (Phi) is 3.01. The second kappa shape index (κ2) is 4.56. The molecule has 0 amide bonds. The first kappa shape index (κ1) is 12.5. The Balaban J connectivity index is 2.19. The van der Waals surface area contributed by atoms with E-state index in [4.69, 9.17) is 5.73 Å². The molecule has 3 N–H and O–H groups in total. The molecule has 0 fully saturated rings. The predicted octanol–water partition coefficient (Wildman–Crippen LogP) is 3.02. The Morgan fingerprint density at radius 1 is 1.32 bits per heavy atom. The molecular weight excluding hydrogens is 306 g/mol. The zero-order valence-electron chi connectivity index (χ0n) is 10.8. The molecule has 4 nitrogen and oxygen atoms in total. The van der Waals surface area contributed by atoms with Crippen molar-refractivity contribution in [3.8, 4) is 17.0 Å². The number of nitrogen functional groups attached to an aromatic ring is 1. The van der Waals surface area contributed by atoms with Crippen LogP contribution in [0.1, 0.15) is 24.0 Å². The number of halogens is 1. The molecule has 0 aliphatic heterocycles. The number of benzene rings is 1. The number of aryl methyl sites for hydroxylation is 2. The summed E-state index contributed by atoms with van der Waals surface area (Å²) in [5.74, 6) is 0.849. The van der Waals surface area contributed by atoms with E-state index in [2.05, 4.69) is 27.1 Å². The number of hydrogen-bond acceptors (Lipinski definition) is 3. The van der Waals surface area contributed by atoms with Crippen LogP contribution in [0.5, 0.6) is 5.75 Å². The lowest BCUT2D eigenvalue weighted by Crippen LogP contribution is -2.04. The lowest BCUT2D eigenvalue weighted by Gasteiger charge is -2.19. The van der Waals surface area contributed by atoms with Crippen molar-refractivity contribution in [3.63, 3.8) is 0 Å². The van der Waals surface area contributed by atoms with Gasteiger partial charge in [-0.1, -0.05) is 0 Å². The Bertz CT molecular complexity index is 629. The van der Waals surface area contributed by atoms with E-state index in [1.54, 1.807) is 17.8 Å². The molecule has 1 aromatic heterocycles. The van der Waals surface area contributed by atoms with Crippen LogP contribution in [-0.2, 0) is 19.9 Å². The lowest BCUT2D eigenvalue weighted by molar-refractivity contribution is 0.471. The average Bonchev–Trinajstić information content (AvgIpc) is 2.74. The maximum Gasteiger partial charge on any atom is 0.139 e. The van der Waals surface area contributed by atoms with Crippen molar-refractivity contribution in [2.45, 2.75) is 25.7 Å². The van der Waals surface area contributed by atoms with Gasteiger partial charge in [-0.25, -0.2) is 0 Å². The van der Waals surface area contributed by atoms with E-state index in [0.717, 1.165) is 22.9 Å². The first-order valence-corrected chi connectivity index (χ1v) is 7.20. The van der Waals surface area contributed by atoms with Gasteiger partial charge in [-0.3, -0.25) is 4.68 Å². The summed E-state index contributed by atoms with van der Waals surface area (Å²) in [4.78, 5) is 0. The number of fused-ring (bicyclic) bond motifs is 1. The average molecular weight is 322 g/mol. The van der Waals surface area contributed by atoms with Crippen LogP contribution in [0.3, 0.4) is 0 Å². The molecule has 1 heterocycles. The fourth-order valence-electron chi connectivity index (χ4n) is 2.65. The first-order chi connectivity index (χ1) is 9.08. The summed E-state index contributed by atoms with van der Waals surface area (Å²) in [6, 6.07) is 3.84. The van der Waals surface area contributed by atoms with Gasteiger partial charge >= 0.3 is 0 Å².